The molecule has 3 aromatic rings. The third kappa shape index (κ3) is 4.14. The molecule has 36 heavy (non-hydrogen) atoms. The summed E-state index contributed by atoms with van der Waals surface area (Å²) in [4.78, 5) is 25.4. The second-order valence-corrected chi connectivity index (χ2v) is 9.79. The van der Waals surface area contributed by atoms with Crippen LogP contribution in [0.3, 0.4) is 0 Å². The normalized spacial score (nSPS) is 18.0. The molecule has 1 N–H and O–H groups in total. The van der Waals surface area contributed by atoms with E-state index in [-0.39, 0.29) is 18.5 Å². The zero-order valence-corrected chi connectivity index (χ0v) is 20.1. The predicted octanol–water partition coefficient (Wildman–Crippen LogP) is 4.73. The van der Waals surface area contributed by atoms with Crippen LogP contribution in [-0.4, -0.2) is 35.8 Å². The highest BCUT2D eigenvalue weighted by atomic mass is 19.1. The van der Waals surface area contributed by atoms with Crippen LogP contribution in [0, 0.1) is 5.82 Å². The van der Waals surface area contributed by atoms with Crippen molar-refractivity contribution in [2.45, 2.75) is 50.5 Å². The van der Waals surface area contributed by atoms with Gasteiger partial charge in [0.15, 0.2) is 11.5 Å². The number of benzene rings is 2. The van der Waals surface area contributed by atoms with Crippen LogP contribution in [-0.2, 0) is 12.0 Å². The predicted molar refractivity (Wildman–Crippen MR) is 133 cm³/mol. The summed E-state index contributed by atoms with van der Waals surface area (Å²) in [6.45, 7) is 2.38. The maximum absolute atomic E-state index is 13.8. The Kier molecular flexibility index (Phi) is 5.95. The van der Waals surface area contributed by atoms with Gasteiger partial charge in [0.25, 0.3) is 5.91 Å². The van der Waals surface area contributed by atoms with Crippen molar-refractivity contribution in [2.75, 3.05) is 24.8 Å². The number of carbonyl (C=O) groups excluding carboxylic acids is 1. The average Bonchev–Trinajstić information content (AvgIpc) is 3.69. The van der Waals surface area contributed by atoms with Crippen LogP contribution in [0.5, 0.6) is 11.5 Å². The number of hydrogen-bond acceptors (Lipinski definition) is 6. The lowest BCUT2D eigenvalue weighted by Crippen LogP contribution is -2.33. The Morgan fingerprint density at radius 2 is 1.75 bits per heavy atom. The van der Waals surface area contributed by atoms with Gasteiger partial charge in [-0.15, -0.1) is 0 Å². The van der Waals surface area contributed by atoms with E-state index >= 15 is 0 Å². The number of anilines is 1. The highest BCUT2D eigenvalue weighted by Crippen LogP contribution is 2.47. The molecule has 1 aromatic heterocycles. The van der Waals surface area contributed by atoms with Gasteiger partial charge in [0.1, 0.15) is 5.82 Å². The fraction of sp³-hybridized carbons (Fsp3) is 0.393. The lowest BCUT2D eigenvalue weighted by atomic mass is 9.74. The van der Waals surface area contributed by atoms with Crippen molar-refractivity contribution in [3.05, 3.63) is 76.9 Å². The summed E-state index contributed by atoms with van der Waals surface area (Å²) in [6.07, 6.45) is 7.67. The molecule has 186 valence electrons. The number of nitrogens with zero attached hydrogens (tertiary/aromatic N) is 3. The Bertz CT molecular complexity index is 1270. The molecule has 1 saturated carbocycles. The lowest BCUT2D eigenvalue weighted by molar-refractivity contribution is 0.0947. The topological polar surface area (TPSA) is 76.6 Å². The minimum atomic E-state index is -0.448. The summed E-state index contributed by atoms with van der Waals surface area (Å²) in [6, 6.07) is 12.3. The molecule has 0 bridgehead atoms. The van der Waals surface area contributed by atoms with Crippen molar-refractivity contribution in [1.82, 2.24) is 15.3 Å². The van der Waals surface area contributed by atoms with E-state index in [1.54, 1.807) is 6.20 Å². The van der Waals surface area contributed by atoms with E-state index in [0.717, 1.165) is 68.4 Å². The molecule has 2 aromatic carbocycles. The molecule has 6 rings (SSSR count). The molecule has 7 nitrogen and oxygen atoms in total. The highest BCUT2D eigenvalue weighted by molar-refractivity contribution is 5.95. The third-order valence-electron chi connectivity index (χ3n) is 7.61. The van der Waals surface area contributed by atoms with Crippen LogP contribution in [0.2, 0.25) is 0 Å². The van der Waals surface area contributed by atoms with Gasteiger partial charge in [0, 0.05) is 31.2 Å². The van der Waals surface area contributed by atoms with Gasteiger partial charge in [-0.25, -0.2) is 14.4 Å². The van der Waals surface area contributed by atoms with Crippen LogP contribution < -0.4 is 19.7 Å². The van der Waals surface area contributed by atoms with E-state index in [1.165, 1.54) is 12.1 Å². The number of rotatable bonds is 6. The molecule has 0 unspecified atom stereocenters. The van der Waals surface area contributed by atoms with E-state index in [9.17, 15) is 9.18 Å². The van der Waals surface area contributed by atoms with Crippen LogP contribution in [0.15, 0.2) is 48.7 Å². The molecule has 3 heterocycles. The number of ether oxygens (including phenoxy) is 2. The molecule has 8 heteroatoms. The monoisotopic (exact) mass is 488 g/mol. The van der Waals surface area contributed by atoms with Gasteiger partial charge in [0.2, 0.25) is 12.7 Å². The minimum absolute atomic E-state index is 0.209. The van der Waals surface area contributed by atoms with Crippen molar-refractivity contribution in [2.24, 2.45) is 0 Å². The van der Waals surface area contributed by atoms with Gasteiger partial charge in [0.05, 0.1) is 11.3 Å². The summed E-state index contributed by atoms with van der Waals surface area (Å²) in [5.41, 5.74) is 2.68. The standard InChI is InChI=1S/C28H29FN4O3/c29-21-8-6-20(7-9-21)28(11-1-2-12-28)25-22(17-31-27(32-25)33-13-3-4-14-33)26(34)30-16-19-5-10-23-24(15-19)36-18-35-23/h5-10,15,17H,1-4,11-14,16,18H2,(H,30,34). The number of fused-ring (bicyclic) bond motifs is 1. The molecular weight excluding hydrogens is 459 g/mol. The molecule has 0 spiro atoms. The smallest absolute Gasteiger partial charge is 0.255 e. The summed E-state index contributed by atoms with van der Waals surface area (Å²) in [5, 5.41) is 3.05. The fourth-order valence-electron chi connectivity index (χ4n) is 5.71. The second kappa shape index (κ2) is 9.41. The molecule has 2 fully saturated rings. The van der Waals surface area contributed by atoms with Gasteiger partial charge in [-0.2, -0.15) is 0 Å². The molecule has 0 atom stereocenters. The van der Waals surface area contributed by atoms with E-state index in [2.05, 4.69) is 15.2 Å². The van der Waals surface area contributed by atoms with Crippen LogP contribution in [0.25, 0.3) is 0 Å². The molecule has 3 aliphatic rings. The van der Waals surface area contributed by atoms with E-state index in [1.807, 2.05) is 30.3 Å². The summed E-state index contributed by atoms with van der Waals surface area (Å²) < 4.78 is 24.7. The van der Waals surface area contributed by atoms with Crippen LogP contribution in [0.4, 0.5) is 10.3 Å². The van der Waals surface area contributed by atoms with E-state index in [0.29, 0.717) is 29.6 Å². The first-order valence-corrected chi connectivity index (χ1v) is 12.7. The van der Waals surface area contributed by atoms with Gasteiger partial charge in [-0.05, 0) is 61.1 Å². The first kappa shape index (κ1) is 22.8. The lowest BCUT2D eigenvalue weighted by Gasteiger charge is -2.32. The van der Waals surface area contributed by atoms with E-state index < -0.39 is 5.41 Å². The number of aromatic nitrogens is 2. The van der Waals surface area contributed by atoms with Crippen LogP contribution >= 0.6 is 0 Å². The Hall–Kier alpha value is -3.68. The largest absolute Gasteiger partial charge is 0.454 e. The van der Waals surface area contributed by atoms with Gasteiger partial charge >= 0.3 is 0 Å². The number of amides is 1. The Balaban J connectivity index is 1.35. The summed E-state index contributed by atoms with van der Waals surface area (Å²) >= 11 is 0. The Morgan fingerprint density at radius 1 is 1.00 bits per heavy atom. The third-order valence-corrected chi connectivity index (χ3v) is 7.61. The molecule has 1 amide bonds. The molecule has 0 radical (unpaired) electrons. The Labute approximate surface area is 209 Å². The number of halogens is 1. The summed E-state index contributed by atoms with van der Waals surface area (Å²) in [7, 11) is 0. The fourth-order valence-corrected chi connectivity index (χ4v) is 5.71. The zero-order chi connectivity index (χ0) is 24.5. The van der Waals surface area contributed by atoms with Crippen molar-refractivity contribution < 1.29 is 18.7 Å². The van der Waals surface area contributed by atoms with Crippen molar-refractivity contribution >= 4 is 11.9 Å². The first-order valence-electron chi connectivity index (χ1n) is 12.7. The van der Waals surface area contributed by atoms with E-state index in [4.69, 9.17) is 14.5 Å². The maximum atomic E-state index is 13.8. The van der Waals surface area contributed by atoms with Crippen molar-refractivity contribution in [3.63, 3.8) is 0 Å². The minimum Gasteiger partial charge on any atom is -0.454 e. The van der Waals surface area contributed by atoms with Gasteiger partial charge in [-0.3, -0.25) is 4.79 Å². The van der Waals surface area contributed by atoms with Crippen LogP contribution in [0.1, 0.15) is 65.7 Å². The van der Waals surface area contributed by atoms with Gasteiger partial charge < -0.3 is 19.7 Å². The number of nitrogens with one attached hydrogen (secondary N) is 1. The number of hydrogen-bond donors (Lipinski definition) is 1. The van der Waals surface area contributed by atoms with Crippen molar-refractivity contribution in [1.29, 1.82) is 0 Å². The maximum Gasteiger partial charge on any atom is 0.255 e. The molecule has 2 aliphatic heterocycles. The highest BCUT2D eigenvalue weighted by Gasteiger charge is 2.42. The van der Waals surface area contributed by atoms with Gasteiger partial charge in [-0.1, -0.05) is 31.0 Å². The SMILES string of the molecule is O=C(NCc1ccc2c(c1)OCO2)c1cnc(N2CCCC2)nc1C1(c2ccc(F)cc2)CCCC1. The number of carbonyl (C=O) groups is 1. The van der Waals surface area contributed by atoms with Crippen molar-refractivity contribution in [3.8, 4) is 11.5 Å². The average molecular weight is 489 g/mol. The Morgan fingerprint density at radius 3 is 2.53 bits per heavy atom. The first-order chi connectivity index (χ1) is 17.6. The molecule has 1 saturated heterocycles. The quantitative estimate of drug-likeness (QED) is 0.541. The zero-order valence-electron chi connectivity index (χ0n) is 20.1. The summed E-state index contributed by atoms with van der Waals surface area (Å²) in [5.74, 6) is 1.57. The molecule has 1 aliphatic carbocycles. The second-order valence-electron chi connectivity index (χ2n) is 9.79. The molecular formula is C28H29FN4O3.